The Balaban J connectivity index is 1.46. The molecule has 6 heteroatoms. The van der Waals surface area contributed by atoms with Crippen molar-refractivity contribution in [1.29, 1.82) is 0 Å². The molecule has 2 heterocycles. The molecule has 3 rings (SSSR count). The number of carbonyl (C=O) groups is 1. The van der Waals surface area contributed by atoms with Crippen LogP contribution in [0.3, 0.4) is 0 Å². The van der Waals surface area contributed by atoms with Crippen LogP contribution < -0.4 is 0 Å². The summed E-state index contributed by atoms with van der Waals surface area (Å²) in [7, 11) is 0. The highest BCUT2D eigenvalue weighted by Gasteiger charge is 2.46. The minimum absolute atomic E-state index is 0.0663. The van der Waals surface area contributed by atoms with E-state index in [-0.39, 0.29) is 11.2 Å². The highest BCUT2D eigenvalue weighted by molar-refractivity contribution is 6.29. The molecule has 0 atom stereocenters. The lowest BCUT2D eigenvalue weighted by Gasteiger charge is -2.52. The molecule has 0 N–H and O–H groups in total. The number of hydrogen-bond acceptors (Lipinski definition) is 3. The Hall–Kier alpha value is -1.36. The molecule has 2 fully saturated rings. The highest BCUT2D eigenvalue weighted by atomic mass is 35.5. The van der Waals surface area contributed by atoms with E-state index in [0.717, 1.165) is 50.8 Å². The normalized spacial score (nSPS) is 20.4. The summed E-state index contributed by atoms with van der Waals surface area (Å²) in [5, 5.41) is -0.0663. The van der Waals surface area contributed by atoms with Crippen LogP contribution in [0.5, 0.6) is 0 Å². The Labute approximate surface area is 153 Å². The predicted octanol–water partition coefficient (Wildman–Crippen LogP) is 4.84. The number of amides is 1. The van der Waals surface area contributed by atoms with Gasteiger partial charge in [-0.2, -0.15) is 0 Å². The van der Waals surface area contributed by atoms with Crippen molar-refractivity contribution in [2.75, 3.05) is 13.1 Å². The fourth-order valence-electron chi connectivity index (χ4n) is 4.11. The second-order valence-electron chi connectivity index (χ2n) is 8.56. The molecule has 1 amide bonds. The van der Waals surface area contributed by atoms with E-state index in [1.165, 1.54) is 6.07 Å². The smallest absolute Gasteiger partial charge is 0.410 e. The molecule has 2 aliphatic rings. The van der Waals surface area contributed by atoms with Crippen molar-refractivity contribution in [2.45, 2.75) is 58.5 Å². The van der Waals surface area contributed by atoms with Crippen molar-refractivity contribution in [2.24, 2.45) is 11.3 Å². The van der Waals surface area contributed by atoms with Crippen molar-refractivity contribution < 1.29 is 13.9 Å². The number of halogens is 2. The number of nitrogens with zero attached hydrogens (tertiary/aromatic N) is 2. The van der Waals surface area contributed by atoms with Crippen LogP contribution in [0.25, 0.3) is 0 Å². The van der Waals surface area contributed by atoms with Gasteiger partial charge < -0.3 is 9.64 Å². The zero-order valence-electron chi connectivity index (χ0n) is 15.1. The Kier molecular flexibility index (Phi) is 4.97. The second kappa shape index (κ2) is 6.75. The topological polar surface area (TPSA) is 42.4 Å². The van der Waals surface area contributed by atoms with Gasteiger partial charge in [-0.25, -0.2) is 14.2 Å². The van der Waals surface area contributed by atoms with Gasteiger partial charge in [-0.1, -0.05) is 11.6 Å². The number of piperidine rings is 1. The van der Waals surface area contributed by atoms with Gasteiger partial charge in [0.2, 0.25) is 0 Å². The maximum Gasteiger partial charge on any atom is 0.410 e. The third-order valence-electron chi connectivity index (χ3n) is 5.30. The maximum absolute atomic E-state index is 13.5. The van der Waals surface area contributed by atoms with E-state index in [1.807, 2.05) is 25.7 Å². The quantitative estimate of drug-likeness (QED) is 0.701. The summed E-state index contributed by atoms with van der Waals surface area (Å²) in [5.74, 6) is 0.120. The molecule has 4 nitrogen and oxygen atoms in total. The van der Waals surface area contributed by atoms with Gasteiger partial charge in [0.25, 0.3) is 0 Å². The zero-order valence-corrected chi connectivity index (χ0v) is 15.9. The summed E-state index contributed by atoms with van der Waals surface area (Å²) in [6.07, 6.45) is 6.63. The third-order valence-corrected chi connectivity index (χ3v) is 5.57. The van der Waals surface area contributed by atoms with Crippen LogP contribution in [-0.4, -0.2) is 34.7 Å². The van der Waals surface area contributed by atoms with Crippen molar-refractivity contribution >= 4 is 17.7 Å². The number of aromatic nitrogens is 1. The van der Waals surface area contributed by atoms with E-state index < -0.39 is 11.4 Å². The van der Waals surface area contributed by atoms with Crippen LogP contribution in [0, 0.1) is 17.2 Å². The summed E-state index contributed by atoms with van der Waals surface area (Å²) in [6, 6.07) is 1.49. The van der Waals surface area contributed by atoms with Crippen LogP contribution >= 0.6 is 11.6 Å². The molecule has 1 saturated heterocycles. The minimum Gasteiger partial charge on any atom is -0.444 e. The van der Waals surface area contributed by atoms with Gasteiger partial charge in [-0.05, 0) is 75.8 Å². The average Bonchev–Trinajstić information content (AvgIpc) is 2.48. The molecule has 1 aromatic rings. The molecule has 25 heavy (non-hydrogen) atoms. The summed E-state index contributed by atoms with van der Waals surface area (Å²) >= 11 is 5.63. The molecule has 1 spiro atoms. The van der Waals surface area contributed by atoms with Crippen LogP contribution in [-0.2, 0) is 11.2 Å². The molecular weight excluding hydrogens is 343 g/mol. The summed E-state index contributed by atoms with van der Waals surface area (Å²) < 4.78 is 18.9. The molecule has 0 unspecified atom stereocenters. The summed E-state index contributed by atoms with van der Waals surface area (Å²) in [4.78, 5) is 17.9. The van der Waals surface area contributed by atoms with Gasteiger partial charge in [0.05, 0.1) is 0 Å². The molecule has 1 aliphatic carbocycles. The van der Waals surface area contributed by atoms with E-state index in [4.69, 9.17) is 16.3 Å². The lowest BCUT2D eigenvalue weighted by molar-refractivity contribution is -0.0270. The third kappa shape index (κ3) is 4.43. The van der Waals surface area contributed by atoms with Gasteiger partial charge in [0, 0.05) is 19.3 Å². The number of hydrogen-bond donors (Lipinski definition) is 0. The summed E-state index contributed by atoms with van der Waals surface area (Å²) in [6.45, 7) is 7.20. The van der Waals surface area contributed by atoms with Crippen LogP contribution in [0.2, 0.25) is 5.15 Å². The van der Waals surface area contributed by atoms with Gasteiger partial charge in [-0.3, -0.25) is 0 Å². The van der Waals surface area contributed by atoms with E-state index in [2.05, 4.69) is 4.98 Å². The molecule has 0 bridgehead atoms. The number of rotatable bonds is 2. The van der Waals surface area contributed by atoms with Crippen molar-refractivity contribution in [1.82, 2.24) is 9.88 Å². The number of ether oxygens (including phenoxy) is 1. The fourth-order valence-corrected chi connectivity index (χ4v) is 4.22. The average molecular weight is 369 g/mol. The minimum atomic E-state index is -0.449. The first-order chi connectivity index (χ1) is 11.7. The van der Waals surface area contributed by atoms with E-state index in [9.17, 15) is 9.18 Å². The molecule has 1 aromatic heterocycles. The number of carbonyl (C=O) groups excluding carboxylic acids is 1. The number of likely N-dealkylation sites (tertiary alicyclic amines) is 1. The molecule has 138 valence electrons. The Morgan fingerprint density at radius 2 is 2.04 bits per heavy atom. The maximum atomic E-state index is 13.5. The lowest BCUT2D eigenvalue weighted by Crippen LogP contribution is -2.50. The van der Waals surface area contributed by atoms with Gasteiger partial charge in [-0.15, -0.1) is 0 Å². The Bertz CT molecular complexity index is 643. The second-order valence-corrected chi connectivity index (χ2v) is 8.92. The monoisotopic (exact) mass is 368 g/mol. The molecular formula is C19H26ClFN2O2. The highest BCUT2D eigenvalue weighted by Crippen LogP contribution is 2.53. The van der Waals surface area contributed by atoms with Crippen molar-refractivity contribution in [3.8, 4) is 0 Å². The molecule has 0 radical (unpaired) electrons. The van der Waals surface area contributed by atoms with Gasteiger partial charge in [0.1, 0.15) is 5.60 Å². The molecule has 1 saturated carbocycles. The zero-order chi connectivity index (χ0) is 18.2. The Morgan fingerprint density at radius 1 is 1.40 bits per heavy atom. The van der Waals surface area contributed by atoms with Crippen molar-refractivity contribution in [3.63, 3.8) is 0 Å². The van der Waals surface area contributed by atoms with Gasteiger partial charge >= 0.3 is 6.09 Å². The first kappa shape index (κ1) is 18.4. The van der Waals surface area contributed by atoms with Crippen LogP contribution in [0.15, 0.2) is 12.3 Å². The predicted molar refractivity (Wildman–Crippen MR) is 95.1 cm³/mol. The first-order valence-electron chi connectivity index (χ1n) is 8.94. The standard InChI is InChI=1S/C19H26ClFN2O2/c1-18(2,3)25-17(24)23-6-4-19(5-7-23)10-14(11-19)8-13-9-15(21)16(20)22-12-13/h9,12,14H,4-8,10-11H2,1-3H3. The molecule has 0 aromatic carbocycles. The van der Waals surface area contributed by atoms with E-state index in [0.29, 0.717) is 11.3 Å². The number of pyridine rings is 1. The molecule has 1 aliphatic heterocycles. The first-order valence-corrected chi connectivity index (χ1v) is 9.31. The SMILES string of the molecule is CC(C)(C)OC(=O)N1CCC2(CC1)CC(Cc1cnc(Cl)c(F)c1)C2. The van der Waals surface area contributed by atoms with E-state index >= 15 is 0 Å². The fraction of sp³-hybridized carbons (Fsp3) is 0.684. The lowest BCUT2D eigenvalue weighted by atomic mass is 9.56. The summed E-state index contributed by atoms with van der Waals surface area (Å²) in [5.41, 5.74) is 0.810. The van der Waals surface area contributed by atoms with Crippen LogP contribution in [0.4, 0.5) is 9.18 Å². The van der Waals surface area contributed by atoms with Crippen molar-refractivity contribution in [3.05, 3.63) is 28.8 Å². The largest absolute Gasteiger partial charge is 0.444 e. The van der Waals surface area contributed by atoms with Gasteiger partial charge in [0.15, 0.2) is 11.0 Å². The van der Waals surface area contributed by atoms with Crippen LogP contribution in [0.1, 0.15) is 52.0 Å². The Morgan fingerprint density at radius 3 is 2.60 bits per heavy atom. The van der Waals surface area contributed by atoms with E-state index in [1.54, 1.807) is 6.20 Å².